The van der Waals surface area contributed by atoms with Crippen LogP contribution in [0.1, 0.15) is 0 Å². The van der Waals surface area contributed by atoms with Gasteiger partial charge in [0.25, 0.3) is 0 Å². The number of hydrogen-bond donors (Lipinski definition) is 2. The minimum atomic E-state index is 0.557. The maximum Gasteiger partial charge on any atom is 0.168 e. The zero-order valence-electron chi connectivity index (χ0n) is 8.23. The lowest BCUT2D eigenvalue weighted by atomic mass is 10.4. The third kappa shape index (κ3) is 3.06. The van der Waals surface area contributed by atoms with Gasteiger partial charge in [-0.05, 0) is 12.1 Å². The fraction of sp³-hybridized carbons (Fsp3) is 0.300. The van der Waals surface area contributed by atoms with Gasteiger partial charge >= 0.3 is 0 Å². The number of aromatic nitrogens is 1. The molecule has 0 aliphatic carbocycles. The molecule has 0 aromatic carbocycles. The van der Waals surface area contributed by atoms with E-state index in [1.807, 2.05) is 24.3 Å². The molecule has 4 heteroatoms. The van der Waals surface area contributed by atoms with Crippen LogP contribution in [0, 0.1) is 0 Å². The predicted molar refractivity (Wildman–Crippen MR) is 57.5 cm³/mol. The molecule has 0 bridgehead atoms. The van der Waals surface area contributed by atoms with E-state index in [0.717, 1.165) is 11.6 Å². The van der Waals surface area contributed by atoms with E-state index in [9.17, 15) is 0 Å². The van der Waals surface area contributed by atoms with Crippen LogP contribution in [0.15, 0.2) is 30.5 Å². The number of nitrogens with two attached hydrogens (primary N) is 1. The molecule has 1 rings (SSSR count). The van der Waals surface area contributed by atoms with Crippen molar-refractivity contribution in [3.05, 3.63) is 30.5 Å². The summed E-state index contributed by atoms with van der Waals surface area (Å²) in [7, 11) is 1.62. The Hall–Kier alpha value is -1.55. The molecule has 0 saturated carbocycles. The normalized spacial score (nSPS) is 10.4. The average molecular weight is 193 g/mol. The van der Waals surface area contributed by atoms with Gasteiger partial charge in [-0.3, -0.25) is 0 Å². The number of pyridine rings is 1. The summed E-state index contributed by atoms with van der Waals surface area (Å²) in [5, 5.41) is 3.12. The molecule has 0 fully saturated rings. The first kappa shape index (κ1) is 10.5. The summed E-state index contributed by atoms with van der Waals surface area (Å²) in [5.41, 5.74) is 5.31. The van der Waals surface area contributed by atoms with Crippen molar-refractivity contribution in [2.45, 2.75) is 0 Å². The second kappa shape index (κ2) is 5.99. The number of rotatable bonds is 5. The van der Waals surface area contributed by atoms with Crippen molar-refractivity contribution < 1.29 is 4.74 Å². The Morgan fingerprint density at radius 1 is 1.57 bits per heavy atom. The molecular formula is C10H15N3O. The fourth-order valence-electron chi connectivity index (χ4n) is 1.02. The average Bonchev–Trinajstić information content (AvgIpc) is 2.25. The Morgan fingerprint density at radius 3 is 3.14 bits per heavy atom. The Kier molecular flexibility index (Phi) is 4.50. The Morgan fingerprint density at radius 2 is 2.43 bits per heavy atom. The highest BCUT2D eigenvalue weighted by atomic mass is 16.5. The van der Waals surface area contributed by atoms with Crippen molar-refractivity contribution in [3.8, 4) is 5.75 Å². The third-order valence-corrected chi connectivity index (χ3v) is 1.68. The van der Waals surface area contributed by atoms with E-state index in [1.54, 1.807) is 13.3 Å². The van der Waals surface area contributed by atoms with Crippen LogP contribution in [0.25, 0.3) is 0 Å². The molecule has 76 valence electrons. The number of hydrogen-bond acceptors (Lipinski definition) is 4. The van der Waals surface area contributed by atoms with Gasteiger partial charge in [-0.15, -0.1) is 0 Å². The Labute approximate surface area is 83.8 Å². The van der Waals surface area contributed by atoms with Gasteiger partial charge in [0.2, 0.25) is 0 Å². The van der Waals surface area contributed by atoms with E-state index >= 15 is 0 Å². The van der Waals surface area contributed by atoms with E-state index < -0.39 is 0 Å². The van der Waals surface area contributed by atoms with Crippen molar-refractivity contribution in [3.63, 3.8) is 0 Å². The van der Waals surface area contributed by atoms with E-state index in [2.05, 4.69) is 10.3 Å². The quantitative estimate of drug-likeness (QED) is 0.685. The zero-order chi connectivity index (χ0) is 10.2. The number of nitrogens with one attached hydrogen (secondary N) is 1. The van der Waals surface area contributed by atoms with Gasteiger partial charge in [0.05, 0.1) is 7.11 Å². The molecule has 3 N–H and O–H groups in total. The lowest BCUT2D eigenvalue weighted by Gasteiger charge is -2.07. The fourth-order valence-corrected chi connectivity index (χ4v) is 1.02. The van der Waals surface area contributed by atoms with E-state index in [1.165, 1.54) is 0 Å². The molecule has 0 radical (unpaired) electrons. The molecule has 0 aliphatic heterocycles. The largest absolute Gasteiger partial charge is 0.493 e. The molecule has 0 aliphatic rings. The van der Waals surface area contributed by atoms with Crippen LogP contribution in [-0.2, 0) is 0 Å². The first-order chi connectivity index (χ1) is 6.88. The highest BCUT2D eigenvalue weighted by Crippen LogP contribution is 2.19. The van der Waals surface area contributed by atoms with Crippen LogP contribution in [0.2, 0.25) is 0 Å². The standard InChI is InChI=1S/C10H15N3O/c1-14-9-5-4-8-13-10(9)12-7-3-2-6-11/h2-5,8H,6-7,11H2,1H3,(H,12,13)/b3-2+. The van der Waals surface area contributed by atoms with Gasteiger partial charge in [0.15, 0.2) is 11.6 Å². The summed E-state index contributed by atoms with van der Waals surface area (Å²) >= 11 is 0. The number of methoxy groups -OCH3 is 1. The van der Waals surface area contributed by atoms with Crippen molar-refractivity contribution in [1.29, 1.82) is 0 Å². The molecule has 0 atom stereocenters. The second-order valence-corrected chi connectivity index (χ2v) is 2.64. The molecule has 1 aromatic rings. The summed E-state index contributed by atoms with van der Waals surface area (Å²) in [6, 6.07) is 3.70. The topological polar surface area (TPSA) is 60.2 Å². The highest BCUT2D eigenvalue weighted by Gasteiger charge is 1.99. The molecular weight excluding hydrogens is 178 g/mol. The molecule has 0 spiro atoms. The summed E-state index contributed by atoms with van der Waals surface area (Å²) in [6.45, 7) is 1.26. The summed E-state index contributed by atoms with van der Waals surface area (Å²) in [4.78, 5) is 4.15. The van der Waals surface area contributed by atoms with Crippen molar-refractivity contribution in [2.75, 3.05) is 25.5 Å². The Bertz CT molecular complexity index is 299. The van der Waals surface area contributed by atoms with E-state index in [4.69, 9.17) is 10.5 Å². The minimum Gasteiger partial charge on any atom is -0.493 e. The lowest BCUT2D eigenvalue weighted by molar-refractivity contribution is 0.415. The van der Waals surface area contributed by atoms with Gasteiger partial charge in [0.1, 0.15) is 0 Å². The first-order valence-electron chi connectivity index (χ1n) is 4.46. The van der Waals surface area contributed by atoms with Crippen molar-refractivity contribution >= 4 is 5.82 Å². The first-order valence-corrected chi connectivity index (χ1v) is 4.46. The number of ether oxygens (including phenoxy) is 1. The van der Waals surface area contributed by atoms with Crippen LogP contribution < -0.4 is 15.8 Å². The van der Waals surface area contributed by atoms with E-state index in [-0.39, 0.29) is 0 Å². The van der Waals surface area contributed by atoms with Crippen LogP contribution >= 0.6 is 0 Å². The minimum absolute atomic E-state index is 0.557. The maximum atomic E-state index is 5.31. The number of anilines is 1. The summed E-state index contributed by atoms with van der Waals surface area (Å²) in [6.07, 6.45) is 5.56. The highest BCUT2D eigenvalue weighted by molar-refractivity contribution is 5.49. The van der Waals surface area contributed by atoms with Crippen LogP contribution in [0.5, 0.6) is 5.75 Å². The molecule has 4 nitrogen and oxygen atoms in total. The van der Waals surface area contributed by atoms with Gasteiger partial charge in [0, 0.05) is 19.3 Å². The maximum absolute atomic E-state index is 5.31. The predicted octanol–water partition coefficient (Wildman–Crippen LogP) is 1.02. The smallest absolute Gasteiger partial charge is 0.168 e. The molecule has 1 heterocycles. The third-order valence-electron chi connectivity index (χ3n) is 1.68. The summed E-state index contributed by atoms with van der Waals surface area (Å²) < 4.78 is 5.13. The van der Waals surface area contributed by atoms with Gasteiger partial charge in [-0.2, -0.15) is 0 Å². The van der Waals surface area contributed by atoms with Crippen molar-refractivity contribution in [2.24, 2.45) is 5.73 Å². The molecule has 0 saturated heterocycles. The number of nitrogens with zero attached hydrogens (tertiary/aromatic N) is 1. The zero-order valence-corrected chi connectivity index (χ0v) is 8.23. The van der Waals surface area contributed by atoms with Crippen molar-refractivity contribution in [1.82, 2.24) is 4.98 Å². The molecule has 14 heavy (non-hydrogen) atoms. The lowest BCUT2D eigenvalue weighted by Crippen LogP contribution is -2.03. The van der Waals surface area contributed by atoms with Crippen LogP contribution in [0.3, 0.4) is 0 Å². The van der Waals surface area contributed by atoms with E-state index in [0.29, 0.717) is 13.1 Å². The molecule has 1 aromatic heterocycles. The monoisotopic (exact) mass is 193 g/mol. The molecule has 0 unspecified atom stereocenters. The van der Waals surface area contributed by atoms with Gasteiger partial charge in [-0.25, -0.2) is 4.98 Å². The SMILES string of the molecule is COc1cccnc1NC/C=C/CN. The summed E-state index contributed by atoms with van der Waals surface area (Å²) in [5.74, 6) is 1.49. The van der Waals surface area contributed by atoms with Crippen LogP contribution in [0.4, 0.5) is 5.82 Å². The Balaban J connectivity index is 2.53. The van der Waals surface area contributed by atoms with Gasteiger partial charge in [-0.1, -0.05) is 12.2 Å². The van der Waals surface area contributed by atoms with Gasteiger partial charge < -0.3 is 15.8 Å². The van der Waals surface area contributed by atoms with Crippen LogP contribution in [-0.4, -0.2) is 25.2 Å². The molecule has 0 amide bonds. The second-order valence-electron chi connectivity index (χ2n) is 2.64.